The number of rotatable bonds is 4. The zero-order valence-electron chi connectivity index (χ0n) is 13.5. The molecule has 2 heterocycles. The molecule has 1 saturated heterocycles. The maximum atomic E-state index is 12.8. The van der Waals surface area contributed by atoms with Crippen molar-refractivity contribution in [2.24, 2.45) is 0 Å². The Kier molecular flexibility index (Phi) is 5.10. The SMILES string of the molecule is O=C(COc1ccc(F)cc1)N1CCCC(c2nnc(C(F)(F)F)o2)C1. The molecule has 1 fully saturated rings. The summed E-state index contributed by atoms with van der Waals surface area (Å²) >= 11 is 0. The Morgan fingerprint density at radius 3 is 2.65 bits per heavy atom. The van der Waals surface area contributed by atoms with Crippen molar-refractivity contribution in [1.82, 2.24) is 15.1 Å². The van der Waals surface area contributed by atoms with E-state index in [0.717, 1.165) is 0 Å². The molecule has 26 heavy (non-hydrogen) atoms. The minimum Gasteiger partial charge on any atom is -0.484 e. The zero-order chi connectivity index (χ0) is 18.7. The van der Waals surface area contributed by atoms with E-state index in [0.29, 0.717) is 25.1 Å². The standard InChI is InChI=1S/C16H15F4N3O3/c17-11-3-5-12(6-4-11)25-9-13(24)23-7-1-2-10(8-23)14-21-22-15(26-14)16(18,19)20/h3-6,10H,1-2,7-9H2. The molecule has 0 spiro atoms. The van der Waals surface area contributed by atoms with Gasteiger partial charge in [-0.15, -0.1) is 10.2 Å². The summed E-state index contributed by atoms with van der Waals surface area (Å²) in [6.45, 7) is 0.378. The number of carbonyl (C=O) groups excluding carboxylic acids is 1. The van der Waals surface area contributed by atoms with Gasteiger partial charge in [-0.05, 0) is 37.1 Å². The average molecular weight is 373 g/mol. The number of benzene rings is 1. The maximum Gasteiger partial charge on any atom is 0.470 e. The Hall–Kier alpha value is -2.65. The molecule has 1 aliphatic heterocycles. The summed E-state index contributed by atoms with van der Waals surface area (Å²) in [4.78, 5) is 13.7. The summed E-state index contributed by atoms with van der Waals surface area (Å²) in [5, 5.41) is 6.48. The molecule has 0 aliphatic carbocycles. The molecule has 1 atom stereocenters. The summed E-state index contributed by atoms with van der Waals surface area (Å²) in [6.07, 6.45) is -3.56. The van der Waals surface area contributed by atoms with Crippen LogP contribution in [-0.4, -0.2) is 40.7 Å². The van der Waals surface area contributed by atoms with Crippen molar-refractivity contribution < 1.29 is 31.5 Å². The largest absolute Gasteiger partial charge is 0.484 e. The number of hydrogen-bond donors (Lipinski definition) is 0. The van der Waals surface area contributed by atoms with Gasteiger partial charge in [-0.3, -0.25) is 4.79 Å². The molecule has 1 aromatic carbocycles. The topological polar surface area (TPSA) is 68.5 Å². The van der Waals surface area contributed by atoms with Crippen molar-refractivity contribution in [3.05, 3.63) is 41.9 Å². The molecule has 1 amide bonds. The van der Waals surface area contributed by atoms with E-state index in [4.69, 9.17) is 9.15 Å². The van der Waals surface area contributed by atoms with Gasteiger partial charge in [0.05, 0.1) is 5.92 Å². The minimum absolute atomic E-state index is 0.130. The van der Waals surface area contributed by atoms with E-state index in [2.05, 4.69) is 10.2 Å². The lowest BCUT2D eigenvalue weighted by Gasteiger charge is -2.31. The highest BCUT2D eigenvalue weighted by Crippen LogP contribution is 2.32. The van der Waals surface area contributed by atoms with Gasteiger partial charge in [-0.1, -0.05) is 0 Å². The van der Waals surface area contributed by atoms with Crippen LogP contribution < -0.4 is 4.74 Å². The molecule has 3 rings (SSSR count). The fraction of sp³-hybridized carbons (Fsp3) is 0.438. The number of amides is 1. The second-order valence-electron chi connectivity index (χ2n) is 5.86. The van der Waals surface area contributed by atoms with E-state index < -0.39 is 23.8 Å². The molecule has 10 heteroatoms. The number of carbonyl (C=O) groups is 1. The van der Waals surface area contributed by atoms with E-state index in [-0.39, 0.29) is 24.9 Å². The maximum absolute atomic E-state index is 12.8. The molecule has 0 bridgehead atoms. The van der Waals surface area contributed by atoms with Crippen molar-refractivity contribution >= 4 is 5.91 Å². The van der Waals surface area contributed by atoms with Crippen molar-refractivity contribution in [1.29, 1.82) is 0 Å². The van der Waals surface area contributed by atoms with Crippen LogP contribution in [0.15, 0.2) is 28.7 Å². The Morgan fingerprint density at radius 2 is 2.00 bits per heavy atom. The summed E-state index contributed by atoms with van der Waals surface area (Å²) in [5.41, 5.74) is 0. The number of ether oxygens (including phenoxy) is 1. The van der Waals surface area contributed by atoms with Gasteiger partial charge in [0.15, 0.2) is 6.61 Å². The number of halogens is 4. The molecule has 0 saturated carbocycles. The molecular weight excluding hydrogens is 358 g/mol. The Morgan fingerprint density at radius 1 is 1.27 bits per heavy atom. The number of likely N-dealkylation sites (tertiary alicyclic amines) is 1. The first kappa shape index (κ1) is 18.2. The van der Waals surface area contributed by atoms with Gasteiger partial charge in [-0.25, -0.2) is 4.39 Å². The first-order valence-electron chi connectivity index (χ1n) is 7.89. The van der Waals surface area contributed by atoms with Crippen LogP contribution >= 0.6 is 0 Å². The first-order chi connectivity index (χ1) is 12.3. The number of hydrogen-bond acceptors (Lipinski definition) is 5. The number of aromatic nitrogens is 2. The molecule has 2 aromatic rings. The van der Waals surface area contributed by atoms with E-state index in [9.17, 15) is 22.4 Å². The smallest absolute Gasteiger partial charge is 0.470 e. The predicted octanol–water partition coefficient (Wildman–Crippen LogP) is 3.01. The quantitative estimate of drug-likeness (QED) is 0.771. The molecule has 6 nitrogen and oxygen atoms in total. The van der Waals surface area contributed by atoms with Gasteiger partial charge in [0, 0.05) is 13.1 Å². The normalized spacial score (nSPS) is 18.0. The first-order valence-corrected chi connectivity index (χ1v) is 7.89. The van der Waals surface area contributed by atoms with Gasteiger partial charge in [0.2, 0.25) is 5.89 Å². The average Bonchev–Trinajstić information content (AvgIpc) is 3.12. The highest BCUT2D eigenvalue weighted by Gasteiger charge is 2.39. The Balaban J connectivity index is 1.58. The highest BCUT2D eigenvalue weighted by molar-refractivity contribution is 5.78. The third-order valence-electron chi connectivity index (χ3n) is 3.98. The van der Waals surface area contributed by atoms with Gasteiger partial charge in [-0.2, -0.15) is 13.2 Å². The number of nitrogens with zero attached hydrogens (tertiary/aromatic N) is 3. The summed E-state index contributed by atoms with van der Waals surface area (Å²) in [6, 6.07) is 5.23. The summed E-state index contributed by atoms with van der Waals surface area (Å²) in [7, 11) is 0. The second kappa shape index (κ2) is 7.30. The van der Waals surface area contributed by atoms with Gasteiger partial charge in [0.1, 0.15) is 11.6 Å². The van der Waals surface area contributed by atoms with Gasteiger partial charge >= 0.3 is 12.1 Å². The highest BCUT2D eigenvalue weighted by atomic mass is 19.4. The van der Waals surface area contributed by atoms with E-state index in [1.54, 1.807) is 0 Å². The van der Waals surface area contributed by atoms with E-state index in [1.165, 1.54) is 29.2 Å². The summed E-state index contributed by atoms with van der Waals surface area (Å²) < 4.78 is 60.5. The van der Waals surface area contributed by atoms with Crippen LogP contribution in [0.1, 0.15) is 30.5 Å². The third kappa shape index (κ3) is 4.30. The van der Waals surface area contributed by atoms with E-state index >= 15 is 0 Å². The molecule has 0 N–H and O–H groups in total. The van der Waals surface area contributed by atoms with Crippen LogP contribution in [0.3, 0.4) is 0 Å². The molecule has 140 valence electrons. The fourth-order valence-corrected chi connectivity index (χ4v) is 2.69. The van der Waals surface area contributed by atoms with Crippen LogP contribution in [0.5, 0.6) is 5.75 Å². The molecule has 0 radical (unpaired) electrons. The van der Waals surface area contributed by atoms with Crippen LogP contribution in [0.25, 0.3) is 0 Å². The van der Waals surface area contributed by atoms with Crippen molar-refractivity contribution in [2.45, 2.75) is 24.9 Å². The zero-order valence-corrected chi connectivity index (χ0v) is 13.5. The lowest BCUT2D eigenvalue weighted by atomic mass is 9.98. The number of piperidine rings is 1. The monoisotopic (exact) mass is 373 g/mol. The van der Waals surface area contributed by atoms with Crippen LogP contribution in [-0.2, 0) is 11.0 Å². The minimum atomic E-state index is -4.70. The lowest BCUT2D eigenvalue weighted by Crippen LogP contribution is -2.41. The molecule has 1 aromatic heterocycles. The van der Waals surface area contributed by atoms with Crippen LogP contribution in [0.4, 0.5) is 17.6 Å². The Bertz CT molecular complexity index is 761. The van der Waals surface area contributed by atoms with Gasteiger partial charge < -0.3 is 14.1 Å². The van der Waals surface area contributed by atoms with Crippen molar-refractivity contribution in [2.75, 3.05) is 19.7 Å². The van der Waals surface area contributed by atoms with Crippen LogP contribution in [0, 0.1) is 5.82 Å². The second-order valence-corrected chi connectivity index (χ2v) is 5.86. The fourth-order valence-electron chi connectivity index (χ4n) is 2.69. The van der Waals surface area contributed by atoms with Crippen LogP contribution in [0.2, 0.25) is 0 Å². The van der Waals surface area contributed by atoms with Gasteiger partial charge in [0.25, 0.3) is 5.91 Å². The van der Waals surface area contributed by atoms with E-state index in [1.807, 2.05) is 0 Å². The van der Waals surface area contributed by atoms with Crippen molar-refractivity contribution in [3.8, 4) is 5.75 Å². The summed E-state index contributed by atoms with van der Waals surface area (Å²) in [5.74, 6) is -2.37. The molecular formula is C16H15F4N3O3. The predicted molar refractivity (Wildman–Crippen MR) is 79.8 cm³/mol. The molecule has 1 unspecified atom stereocenters. The molecule has 1 aliphatic rings. The number of alkyl halides is 3. The van der Waals surface area contributed by atoms with Crippen molar-refractivity contribution in [3.63, 3.8) is 0 Å². The third-order valence-corrected chi connectivity index (χ3v) is 3.98. The Labute approximate surface area is 145 Å². The lowest BCUT2D eigenvalue weighted by molar-refractivity contribution is -0.157.